The van der Waals surface area contributed by atoms with Crippen molar-refractivity contribution in [1.82, 2.24) is 0 Å². The average molecular weight is 917 g/mol. The Morgan fingerprint density at radius 1 is 0.652 bits per heavy atom. The number of aryl methyl sites for hydroxylation is 5. The highest BCUT2D eigenvalue weighted by Gasteiger charge is 2.49. The largest absolute Gasteiger partial charge is 0.508 e. The third kappa shape index (κ3) is 7.69. The summed E-state index contributed by atoms with van der Waals surface area (Å²) in [6, 6.07) is 30.5. The van der Waals surface area contributed by atoms with E-state index in [-0.39, 0.29) is 53.3 Å². The number of phenolic OH excluding ortho intramolecular Hbond substituents is 3. The summed E-state index contributed by atoms with van der Waals surface area (Å²) in [6.07, 6.45) is 0.587. The number of hydrogen-bond donors (Lipinski definition) is 4. The van der Waals surface area contributed by atoms with Gasteiger partial charge in [-0.25, -0.2) is 0 Å². The van der Waals surface area contributed by atoms with E-state index in [1.807, 2.05) is 50.2 Å². The molecule has 5 N–H and O–H groups in total. The van der Waals surface area contributed by atoms with E-state index in [9.17, 15) is 40.9 Å². The summed E-state index contributed by atoms with van der Waals surface area (Å²) in [7, 11) is 0. The van der Waals surface area contributed by atoms with Crippen molar-refractivity contribution in [2.24, 2.45) is 28.1 Å². The lowest BCUT2D eigenvalue weighted by atomic mass is 9.62. The first-order valence-corrected chi connectivity index (χ1v) is 23.2. The highest BCUT2D eigenvalue weighted by molar-refractivity contribution is 5.72. The molecular formula is C57H52N6O6. The molecule has 12 heteroatoms. The van der Waals surface area contributed by atoms with E-state index in [4.69, 9.17) is 10.5 Å². The van der Waals surface area contributed by atoms with Crippen molar-refractivity contribution in [3.05, 3.63) is 183 Å². The topological polar surface area (TPSA) is 226 Å². The Hall–Kier alpha value is -8.01. The summed E-state index contributed by atoms with van der Waals surface area (Å²) >= 11 is 0. The van der Waals surface area contributed by atoms with Gasteiger partial charge in [0, 0.05) is 40.6 Å². The first-order chi connectivity index (χ1) is 33.1. The summed E-state index contributed by atoms with van der Waals surface area (Å²) in [6.45, 7) is 11.9. The summed E-state index contributed by atoms with van der Waals surface area (Å²) in [5.41, 5.74) is 20.3. The zero-order valence-electron chi connectivity index (χ0n) is 39.3. The van der Waals surface area contributed by atoms with Crippen molar-refractivity contribution in [3.63, 3.8) is 0 Å². The molecule has 8 atom stereocenters. The van der Waals surface area contributed by atoms with E-state index >= 15 is 0 Å². The Bertz CT molecular complexity index is 3270. The zero-order valence-corrected chi connectivity index (χ0v) is 39.3. The molecule has 0 fully saturated rings. The number of phenols is 3. The standard InChI is InChI=1S/C57H52N6O6/c1-27-7-10-35(16-38(27)26-62-67)56-45(25-60)54(50-31(5)13-29(3)41-14-30(4)40(22-43(41)50)33-11-12-36(23-58)49(66)20-33)51-32(6)15-46(61)55(57(51)69-56)53-44(24-59)42(34-9-8-28(2)48(65)19-34)18-37-17-39(64)21-47(63-68)52(37)53/h7-13,15-17,19-21,30,40,42,44-45,53-54,56,64-66H,14,18,22,26,61H2,1-6H3. The Kier molecular flexibility index (Phi) is 12.0. The Labute approximate surface area is 401 Å². The molecule has 1 heterocycles. The molecule has 12 nitrogen and oxygen atoms in total. The maximum Gasteiger partial charge on any atom is 0.140 e. The second kappa shape index (κ2) is 17.9. The summed E-state index contributed by atoms with van der Waals surface area (Å²) in [5, 5.41) is 72.3. The number of nitrogens with zero attached hydrogens (tertiary/aromatic N) is 5. The molecule has 0 saturated heterocycles. The van der Waals surface area contributed by atoms with Crippen LogP contribution in [0.1, 0.15) is 131 Å². The number of nitrogens with two attached hydrogens (primary N) is 1. The van der Waals surface area contributed by atoms with E-state index < -0.39 is 35.7 Å². The SMILES string of the molecule is Cc1ccc(C2Cc3cc(O)cc(N=O)c3C(c3c(N)cc(C)c4c3OC(c3ccc(C)c(CN=O)c3)C(C#N)C4c3c(C)cc(C)c4c3CC(c3ccc(C#N)c(O)c3)C(C)C4)C2C#N)cc1O. The minimum Gasteiger partial charge on any atom is -0.508 e. The highest BCUT2D eigenvalue weighted by Crippen LogP contribution is 2.61. The van der Waals surface area contributed by atoms with Crippen LogP contribution in [-0.4, -0.2) is 15.3 Å². The van der Waals surface area contributed by atoms with Crippen molar-refractivity contribution in [1.29, 1.82) is 15.8 Å². The third-order valence-electron chi connectivity index (χ3n) is 15.5. The minimum atomic E-state index is -0.954. The molecule has 9 rings (SSSR count). The smallest absolute Gasteiger partial charge is 0.140 e. The van der Waals surface area contributed by atoms with Crippen LogP contribution >= 0.6 is 0 Å². The quantitative estimate of drug-likeness (QED) is 0.0834. The number of benzene rings is 6. The van der Waals surface area contributed by atoms with Gasteiger partial charge in [-0.15, -0.1) is 4.91 Å². The van der Waals surface area contributed by atoms with Crippen LogP contribution in [0.3, 0.4) is 0 Å². The zero-order chi connectivity index (χ0) is 49.2. The lowest BCUT2D eigenvalue weighted by Gasteiger charge is -2.44. The second-order valence-electron chi connectivity index (χ2n) is 19.5. The molecule has 3 aliphatic rings. The van der Waals surface area contributed by atoms with Gasteiger partial charge in [-0.2, -0.15) is 20.7 Å². The summed E-state index contributed by atoms with van der Waals surface area (Å²) in [5.74, 6) is -3.63. The fourth-order valence-electron chi connectivity index (χ4n) is 12.1. The summed E-state index contributed by atoms with van der Waals surface area (Å²) in [4.78, 5) is 24.7. The monoisotopic (exact) mass is 916 g/mol. The first-order valence-electron chi connectivity index (χ1n) is 23.2. The van der Waals surface area contributed by atoms with Gasteiger partial charge in [0.25, 0.3) is 0 Å². The molecule has 346 valence electrons. The molecule has 0 saturated carbocycles. The fourth-order valence-corrected chi connectivity index (χ4v) is 12.1. The molecule has 2 aliphatic carbocycles. The number of fused-ring (bicyclic) bond motifs is 3. The van der Waals surface area contributed by atoms with Gasteiger partial charge in [0.15, 0.2) is 0 Å². The van der Waals surface area contributed by atoms with Gasteiger partial charge in [0.2, 0.25) is 0 Å². The number of rotatable bonds is 8. The van der Waals surface area contributed by atoms with E-state index in [0.29, 0.717) is 62.4 Å². The van der Waals surface area contributed by atoms with Crippen molar-refractivity contribution in [3.8, 4) is 41.2 Å². The lowest BCUT2D eigenvalue weighted by Crippen LogP contribution is -2.35. The Morgan fingerprint density at radius 3 is 2.00 bits per heavy atom. The molecule has 8 unspecified atom stereocenters. The van der Waals surface area contributed by atoms with Gasteiger partial charge < -0.3 is 25.8 Å². The van der Waals surface area contributed by atoms with E-state index in [0.717, 1.165) is 45.4 Å². The van der Waals surface area contributed by atoms with Crippen molar-refractivity contribution < 1.29 is 20.1 Å². The van der Waals surface area contributed by atoms with Crippen molar-refractivity contribution in [2.75, 3.05) is 5.73 Å². The van der Waals surface area contributed by atoms with Crippen LogP contribution in [0.25, 0.3) is 0 Å². The van der Waals surface area contributed by atoms with Crippen LogP contribution in [0.2, 0.25) is 0 Å². The van der Waals surface area contributed by atoms with Gasteiger partial charge in [0.05, 0.1) is 29.5 Å². The number of ether oxygens (including phenoxy) is 1. The van der Waals surface area contributed by atoms with Crippen LogP contribution in [0, 0.1) is 96.2 Å². The van der Waals surface area contributed by atoms with E-state index in [1.165, 1.54) is 11.6 Å². The van der Waals surface area contributed by atoms with Gasteiger partial charge in [-0.05, 0) is 185 Å². The number of aromatic hydroxyl groups is 3. The van der Waals surface area contributed by atoms with Crippen LogP contribution < -0.4 is 10.5 Å². The molecule has 0 aromatic heterocycles. The highest BCUT2D eigenvalue weighted by atomic mass is 16.5. The molecule has 6 aromatic rings. The number of anilines is 1. The Morgan fingerprint density at radius 2 is 1.32 bits per heavy atom. The van der Waals surface area contributed by atoms with E-state index in [1.54, 1.807) is 37.3 Å². The predicted octanol–water partition coefficient (Wildman–Crippen LogP) is 12.0. The second-order valence-corrected chi connectivity index (χ2v) is 19.5. The molecule has 6 aromatic carbocycles. The molecule has 1 aliphatic heterocycles. The number of nitrogen functional groups attached to an aromatic ring is 1. The molecule has 0 amide bonds. The van der Waals surface area contributed by atoms with Crippen LogP contribution in [0.4, 0.5) is 11.4 Å². The van der Waals surface area contributed by atoms with Crippen LogP contribution in [-0.2, 0) is 25.8 Å². The lowest BCUT2D eigenvalue weighted by molar-refractivity contribution is 0.126. The maximum atomic E-state index is 12.9. The van der Waals surface area contributed by atoms with Crippen molar-refractivity contribution in [2.45, 2.75) is 97.1 Å². The van der Waals surface area contributed by atoms with Gasteiger partial charge in [0.1, 0.15) is 47.4 Å². The van der Waals surface area contributed by atoms with Gasteiger partial charge >= 0.3 is 0 Å². The molecular weight excluding hydrogens is 865 g/mol. The molecule has 0 bridgehead atoms. The number of hydrogen-bond acceptors (Lipinski definition) is 12. The summed E-state index contributed by atoms with van der Waals surface area (Å²) < 4.78 is 7.35. The fraction of sp³-hybridized carbons (Fsp3) is 0.316. The van der Waals surface area contributed by atoms with Crippen LogP contribution in [0.5, 0.6) is 23.0 Å². The number of nitroso groups, excluding NO2 is 2. The van der Waals surface area contributed by atoms with Crippen molar-refractivity contribution >= 4 is 11.4 Å². The number of nitriles is 3. The van der Waals surface area contributed by atoms with Gasteiger partial charge in [-0.3, -0.25) is 0 Å². The first kappa shape index (κ1) is 46.1. The Balaban J connectivity index is 1.36. The normalized spacial score (nSPS) is 22.4. The average Bonchev–Trinajstić information content (AvgIpc) is 3.32. The third-order valence-corrected chi connectivity index (χ3v) is 15.5. The molecule has 0 spiro atoms. The predicted molar refractivity (Wildman–Crippen MR) is 262 cm³/mol. The molecule has 0 radical (unpaired) electrons. The van der Waals surface area contributed by atoms with Crippen LogP contribution in [0.15, 0.2) is 89.2 Å². The van der Waals surface area contributed by atoms with Gasteiger partial charge in [-0.1, -0.05) is 48.5 Å². The van der Waals surface area contributed by atoms with E-state index in [2.05, 4.69) is 55.4 Å². The minimum absolute atomic E-state index is 0.0463. The maximum absolute atomic E-state index is 12.9. The molecule has 69 heavy (non-hydrogen) atoms.